The van der Waals surface area contributed by atoms with Crippen LogP contribution in [0.1, 0.15) is 0 Å². The molecule has 4 rings (SSSR count). The van der Waals surface area contributed by atoms with E-state index in [0.29, 0.717) is 18.7 Å². The maximum Gasteiger partial charge on any atom is 0.261 e. The Morgan fingerprint density at radius 3 is 2.71 bits per heavy atom. The molecule has 1 amide bonds. The second-order valence-corrected chi connectivity index (χ2v) is 8.87. The Kier molecular flexibility index (Phi) is 5.81. The zero-order valence-electron chi connectivity index (χ0n) is 16.3. The fourth-order valence-corrected chi connectivity index (χ4v) is 4.72. The minimum absolute atomic E-state index is 0.0483. The summed E-state index contributed by atoms with van der Waals surface area (Å²) in [5.41, 5.74) is 0.0413. The van der Waals surface area contributed by atoms with Crippen LogP contribution in [0.2, 0.25) is 0 Å². The molecule has 31 heavy (non-hydrogen) atoms. The predicted octanol–water partition coefficient (Wildman–Crippen LogP) is 1.20. The fraction of sp³-hybridized carbons (Fsp3) is 0.250. The summed E-state index contributed by atoms with van der Waals surface area (Å²) in [7, 11) is -3.71. The number of hydrogen-bond acceptors (Lipinski definition) is 6. The van der Waals surface area contributed by atoms with Crippen molar-refractivity contribution in [2.24, 2.45) is 0 Å². The number of fused-ring (bicyclic) bond motifs is 1. The number of benzene rings is 2. The molecule has 9 nitrogen and oxygen atoms in total. The van der Waals surface area contributed by atoms with E-state index in [4.69, 9.17) is 4.74 Å². The molecule has 0 unspecified atom stereocenters. The lowest BCUT2D eigenvalue weighted by atomic mass is 10.2. The Labute approximate surface area is 177 Å². The van der Waals surface area contributed by atoms with E-state index < -0.39 is 27.3 Å². The first-order valence-electron chi connectivity index (χ1n) is 9.47. The molecule has 0 spiro atoms. The van der Waals surface area contributed by atoms with Crippen LogP contribution < -0.4 is 10.9 Å². The zero-order valence-corrected chi connectivity index (χ0v) is 17.1. The van der Waals surface area contributed by atoms with Gasteiger partial charge >= 0.3 is 0 Å². The zero-order chi connectivity index (χ0) is 22.0. The highest BCUT2D eigenvalue weighted by Crippen LogP contribution is 2.20. The third-order valence-electron chi connectivity index (χ3n) is 4.83. The average Bonchev–Trinajstić information content (AvgIpc) is 2.77. The molecular weight excluding hydrogens is 427 g/mol. The number of ether oxygens (including phenoxy) is 1. The smallest absolute Gasteiger partial charge is 0.261 e. The lowest BCUT2D eigenvalue weighted by Gasteiger charge is -2.26. The molecule has 1 N–H and O–H groups in total. The first kappa shape index (κ1) is 21.1. The third-order valence-corrected chi connectivity index (χ3v) is 6.72. The number of nitrogens with one attached hydrogen (secondary N) is 1. The van der Waals surface area contributed by atoms with Gasteiger partial charge in [-0.25, -0.2) is 17.8 Å². The molecule has 0 radical (unpaired) electrons. The molecule has 1 aliphatic heterocycles. The van der Waals surface area contributed by atoms with Gasteiger partial charge in [0, 0.05) is 18.8 Å². The van der Waals surface area contributed by atoms with Crippen LogP contribution in [0.25, 0.3) is 10.9 Å². The molecule has 0 bridgehead atoms. The van der Waals surface area contributed by atoms with Gasteiger partial charge in [0.05, 0.1) is 35.3 Å². The number of carbonyl (C=O) groups excluding carboxylic acids is 1. The SMILES string of the molecule is O=C(Cn1cnc2ccc(F)cc2c1=O)Nc1cccc(S(=O)(=O)N2CCOCC2)c1. The normalized spacial score (nSPS) is 15.1. The largest absolute Gasteiger partial charge is 0.379 e. The number of sulfonamides is 1. The van der Waals surface area contributed by atoms with E-state index in [2.05, 4.69) is 10.3 Å². The van der Waals surface area contributed by atoms with E-state index in [1.165, 1.54) is 41.0 Å². The van der Waals surface area contributed by atoms with Gasteiger partial charge in [-0.1, -0.05) is 6.07 Å². The summed E-state index contributed by atoms with van der Waals surface area (Å²) in [6, 6.07) is 9.54. The molecular formula is C20H19FN4O5S. The first-order chi connectivity index (χ1) is 14.8. The number of aromatic nitrogens is 2. The summed E-state index contributed by atoms with van der Waals surface area (Å²) in [5, 5.41) is 2.65. The van der Waals surface area contributed by atoms with Crippen molar-refractivity contribution in [2.45, 2.75) is 11.4 Å². The average molecular weight is 446 g/mol. The Balaban J connectivity index is 1.52. The lowest BCUT2D eigenvalue weighted by molar-refractivity contribution is -0.116. The van der Waals surface area contributed by atoms with Gasteiger partial charge < -0.3 is 10.1 Å². The van der Waals surface area contributed by atoms with E-state index >= 15 is 0 Å². The second-order valence-electron chi connectivity index (χ2n) is 6.93. The Hall–Kier alpha value is -3.15. The van der Waals surface area contributed by atoms with E-state index in [9.17, 15) is 22.4 Å². The summed E-state index contributed by atoms with van der Waals surface area (Å²) in [6.07, 6.45) is 1.21. The third kappa shape index (κ3) is 4.48. The Morgan fingerprint density at radius 2 is 1.94 bits per heavy atom. The van der Waals surface area contributed by atoms with Crippen molar-refractivity contribution in [1.29, 1.82) is 0 Å². The highest BCUT2D eigenvalue weighted by atomic mass is 32.2. The summed E-state index contributed by atoms with van der Waals surface area (Å²) < 4.78 is 46.6. The Morgan fingerprint density at radius 1 is 1.16 bits per heavy atom. The summed E-state index contributed by atoms with van der Waals surface area (Å²) >= 11 is 0. The number of amides is 1. The van der Waals surface area contributed by atoms with Crippen LogP contribution in [-0.2, 0) is 26.1 Å². The molecule has 1 aromatic heterocycles. The molecule has 1 aliphatic rings. The van der Waals surface area contributed by atoms with Gasteiger partial charge in [-0.2, -0.15) is 4.31 Å². The summed E-state index contributed by atoms with van der Waals surface area (Å²) in [4.78, 5) is 29.1. The van der Waals surface area contributed by atoms with Crippen LogP contribution in [0, 0.1) is 5.82 Å². The molecule has 11 heteroatoms. The molecule has 162 valence electrons. The summed E-state index contributed by atoms with van der Waals surface area (Å²) in [6.45, 7) is 0.815. The van der Waals surface area contributed by atoms with Gasteiger partial charge in [0.1, 0.15) is 12.4 Å². The van der Waals surface area contributed by atoms with Gasteiger partial charge in [-0.3, -0.25) is 14.2 Å². The predicted molar refractivity (Wildman–Crippen MR) is 111 cm³/mol. The second kappa shape index (κ2) is 8.53. The monoisotopic (exact) mass is 446 g/mol. The van der Waals surface area contributed by atoms with Crippen molar-refractivity contribution in [3.05, 3.63) is 65.0 Å². The quantitative estimate of drug-likeness (QED) is 0.631. The van der Waals surface area contributed by atoms with E-state index in [1.807, 2.05) is 0 Å². The Bertz CT molecular complexity index is 1300. The number of halogens is 1. The van der Waals surface area contributed by atoms with Crippen molar-refractivity contribution >= 4 is 32.5 Å². The molecule has 1 saturated heterocycles. The molecule has 3 aromatic rings. The van der Waals surface area contributed by atoms with Crippen LogP contribution in [-0.4, -0.2) is 54.5 Å². The number of nitrogens with zero attached hydrogens (tertiary/aromatic N) is 3. The van der Waals surface area contributed by atoms with Gasteiger partial charge in [0.2, 0.25) is 15.9 Å². The number of carbonyl (C=O) groups is 1. The highest BCUT2D eigenvalue weighted by molar-refractivity contribution is 7.89. The number of rotatable bonds is 5. The number of anilines is 1. The van der Waals surface area contributed by atoms with Crippen molar-refractivity contribution in [1.82, 2.24) is 13.9 Å². The van der Waals surface area contributed by atoms with Crippen LogP contribution in [0.5, 0.6) is 0 Å². The molecule has 2 heterocycles. The van der Waals surface area contributed by atoms with Gasteiger partial charge in [0.25, 0.3) is 5.56 Å². The maximum atomic E-state index is 13.5. The molecule has 0 atom stereocenters. The summed E-state index contributed by atoms with van der Waals surface area (Å²) in [5.74, 6) is -1.13. The van der Waals surface area contributed by atoms with Crippen LogP contribution in [0.4, 0.5) is 10.1 Å². The van der Waals surface area contributed by atoms with Crippen LogP contribution >= 0.6 is 0 Å². The standard InChI is InChI=1S/C20H19FN4O5S/c21-14-4-5-18-17(10-14)20(27)24(13-22-18)12-19(26)23-15-2-1-3-16(11-15)31(28,29)25-6-8-30-9-7-25/h1-5,10-11,13H,6-9,12H2,(H,23,26). The topological polar surface area (TPSA) is 111 Å². The van der Waals surface area contributed by atoms with Crippen molar-refractivity contribution < 1.29 is 22.3 Å². The molecule has 0 aliphatic carbocycles. The minimum atomic E-state index is -3.71. The van der Waals surface area contributed by atoms with Crippen molar-refractivity contribution in [2.75, 3.05) is 31.6 Å². The number of morpholine rings is 1. The number of hydrogen-bond donors (Lipinski definition) is 1. The molecule has 1 fully saturated rings. The van der Waals surface area contributed by atoms with E-state index in [0.717, 1.165) is 10.6 Å². The highest BCUT2D eigenvalue weighted by Gasteiger charge is 2.26. The van der Waals surface area contributed by atoms with E-state index in [1.54, 1.807) is 6.07 Å². The van der Waals surface area contributed by atoms with E-state index in [-0.39, 0.29) is 35.6 Å². The minimum Gasteiger partial charge on any atom is -0.379 e. The van der Waals surface area contributed by atoms with Crippen LogP contribution in [0.3, 0.4) is 0 Å². The molecule has 2 aromatic carbocycles. The van der Waals surface area contributed by atoms with Gasteiger partial charge in [0.15, 0.2) is 0 Å². The maximum absolute atomic E-state index is 13.5. The van der Waals surface area contributed by atoms with Crippen LogP contribution in [0.15, 0.2) is 58.5 Å². The molecule has 0 saturated carbocycles. The van der Waals surface area contributed by atoms with Gasteiger partial charge in [-0.05, 0) is 36.4 Å². The van der Waals surface area contributed by atoms with Gasteiger partial charge in [-0.15, -0.1) is 0 Å². The van der Waals surface area contributed by atoms with Crippen molar-refractivity contribution in [3.63, 3.8) is 0 Å². The first-order valence-corrected chi connectivity index (χ1v) is 10.9. The van der Waals surface area contributed by atoms with Crippen molar-refractivity contribution in [3.8, 4) is 0 Å². The fourth-order valence-electron chi connectivity index (χ4n) is 3.27. The lowest BCUT2D eigenvalue weighted by Crippen LogP contribution is -2.40.